The van der Waals surface area contributed by atoms with Crippen LogP contribution in [0, 0.1) is 12.7 Å². The summed E-state index contributed by atoms with van der Waals surface area (Å²) in [6.45, 7) is 1.86. The first-order chi connectivity index (χ1) is 10.1. The Labute approximate surface area is 125 Å². The van der Waals surface area contributed by atoms with Gasteiger partial charge in [-0.3, -0.25) is 4.98 Å². The molecule has 6 heteroatoms. The lowest BCUT2D eigenvalue weighted by atomic mass is 10.00. The number of aromatic nitrogens is 2. The van der Waals surface area contributed by atoms with E-state index in [1.807, 2.05) is 13.0 Å². The number of nitrogen functional groups attached to an aromatic ring is 1. The highest BCUT2D eigenvalue weighted by atomic mass is 35.5. The molecule has 21 heavy (non-hydrogen) atoms. The van der Waals surface area contributed by atoms with Gasteiger partial charge in [-0.2, -0.15) is 0 Å². The SMILES string of the molecule is Cc1ncccc1-c1noc(N)c1-c1ccc(F)cc1Cl. The van der Waals surface area contributed by atoms with Crippen molar-refractivity contribution in [3.63, 3.8) is 0 Å². The topological polar surface area (TPSA) is 64.9 Å². The van der Waals surface area contributed by atoms with Crippen molar-refractivity contribution in [2.45, 2.75) is 6.92 Å². The first-order valence-corrected chi connectivity index (χ1v) is 6.58. The molecule has 2 heterocycles. The molecular weight excluding hydrogens is 293 g/mol. The average molecular weight is 304 g/mol. The fourth-order valence-corrected chi connectivity index (χ4v) is 2.44. The van der Waals surface area contributed by atoms with Crippen LogP contribution in [0.15, 0.2) is 41.1 Å². The Bertz CT molecular complexity index is 816. The molecule has 1 aromatic carbocycles. The van der Waals surface area contributed by atoms with Crippen molar-refractivity contribution in [3.8, 4) is 22.4 Å². The van der Waals surface area contributed by atoms with E-state index in [1.165, 1.54) is 12.1 Å². The Morgan fingerprint density at radius 3 is 2.76 bits per heavy atom. The van der Waals surface area contributed by atoms with E-state index in [4.69, 9.17) is 21.9 Å². The molecule has 0 bridgehead atoms. The van der Waals surface area contributed by atoms with E-state index in [-0.39, 0.29) is 10.9 Å². The summed E-state index contributed by atoms with van der Waals surface area (Å²) in [7, 11) is 0. The van der Waals surface area contributed by atoms with Crippen molar-refractivity contribution in [2.24, 2.45) is 0 Å². The number of rotatable bonds is 2. The van der Waals surface area contributed by atoms with E-state index in [0.717, 1.165) is 11.3 Å². The predicted octanol–water partition coefficient (Wildman–Crippen LogP) is 4.09. The van der Waals surface area contributed by atoms with Crippen LogP contribution in [-0.4, -0.2) is 10.1 Å². The fourth-order valence-electron chi connectivity index (χ4n) is 2.17. The Kier molecular flexibility index (Phi) is 3.35. The quantitative estimate of drug-likeness (QED) is 0.774. The van der Waals surface area contributed by atoms with Crippen molar-refractivity contribution in [1.82, 2.24) is 10.1 Å². The summed E-state index contributed by atoms with van der Waals surface area (Å²) in [4.78, 5) is 4.22. The summed E-state index contributed by atoms with van der Waals surface area (Å²) in [6, 6.07) is 7.75. The first kappa shape index (κ1) is 13.6. The highest BCUT2D eigenvalue weighted by Gasteiger charge is 2.21. The Hall–Kier alpha value is -2.40. The zero-order valence-corrected chi connectivity index (χ0v) is 11.9. The van der Waals surface area contributed by atoms with E-state index >= 15 is 0 Å². The standard InChI is InChI=1S/C15H11ClFN3O/c1-8-10(3-2-6-19-8)14-13(15(18)21-20-14)11-5-4-9(17)7-12(11)16/h2-7H,18H2,1H3. The number of aryl methyl sites for hydroxylation is 1. The van der Waals surface area contributed by atoms with Crippen LogP contribution in [-0.2, 0) is 0 Å². The molecule has 0 spiro atoms. The van der Waals surface area contributed by atoms with Crippen LogP contribution < -0.4 is 5.73 Å². The number of hydrogen-bond acceptors (Lipinski definition) is 4. The summed E-state index contributed by atoms with van der Waals surface area (Å²) in [6.07, 6.45) is 1.69. The van der Waals surface area contributed by atoms with E-state index in [0.29, 0.717) is 16.8 Å². The van der Waals surface area contributed by atoms with Crippen LogP contribution >= 0.6 is 11.6 Å². The molecule has 3 rings (SSSR count). The van der Waals surface area contributed by atoms with Crippen molar-refractivity contribution in [2.75, 3.05) is 5.73 Å². The second-order valence-corrected chi connectivity index (χ2v) is 4.94. The predicted molar refractivity (Wildman–Crippen MR) is 79.3 cm³/mol. The Balaban J connectivity index is 2.25. The number of benzene rings is 1. The van der Waals surface area contributed by atoms with Crippen LogP contribution in [0.3, 0.4) is 0 Å². The second-order valence-electron chi connectivity index (χ2n) is 4.53. The van der Waals surface area contributed by atoms with Crippen LogP contribution in [0.4, 0.5) is 10.3 Å². The van der Waals surface area contributed by atoms with E-state index in [1.54, 1.807) is 18.3 Å². The van der Waals surface area contributed by atoms with Gasteiger partial charge < -0.3 is 10.3 Å². The summed E-state index contributed by atoms with van der Waals surface area (Å²) >= 11 is 6.11. The third-order valence-corrected chi connectivity index (χ3v) is 3.49. The lowest BCUT2D eigenvalue weighted by Gasteiger charge is -2.06. The van der Waals surface area contributed by atoms with Crippen molar-refractivity contribution in [3.05, 3.63) is 53.1 Å². The van der Waals surface area contributed by atoms with Crippen molar-refractivity contribution < 1.29 is 8.91 Å². The molecule has 3 aromatic rings. The smallest absolute Gasteiger partial charge is 0.230 e. The molecule has 0 aliphatic rings. The number of pyridine rings is 1. The summed E-state index contributed by atoms with van der Waals surface area (Å²) in [5.41, 5.74) is 9.07. The first-order valence-electron chi connectivity index (χ1n) is 6.20. The fraction of sp³-hybridized carbons (Fsp3) is 0.0667. The van der Waals surface area contributed by atoms with Gasteiger partial charge in [0.15, 0.2) is 0 Å². The minimum absolute atomic E-state index is 0.127. The average Bonchev–Trinajstić information content (AvgIpc) is 2.81. The van der Waals surface area contributed by atoms with Crippen molar-refractivity contribution >= 4 is 17.5 Å². The number of anilines is 1. The van der Waals surface area contributed by atoms with Gasteiger partial charge in [0, 0.05) is 23.0 Å². The van der Waals surface area contributed by atoms with Gasteiger partial charge in [0.05, 0.1) is 10.6 Å². The van der Waals surface area contributed by atoms with Crippen molar-refractivity contribution in [1.29, 1.82) is 0 Å². The minimum Gasteiger partial charge on any atom is -0.367 e. The molecule has 0 saturated heterocycles. The van der Waals surface area contributed by atoms with Gasteiger partial charge in [-0.15, -0.1) is 0 Å². The molecule has 2 N–H and O–H groups in total. The van der Waals surface area contributed by atoms with Gasteiger partial charge in [0.1, 0.15) is 11.5 Å². The van der Waals surface area contributed by atoms with Gasteiger partial charge in [0.2, 0.25) is 5.88 Å². The molecule has 0 saturated carbocycles. The normalized spacial score (nSPS) is 10.8. The minimum atomic E-state index is -0.419. The second kappa shape index (κ2) is 5.18. The maximum Gasteiger partial charge on any atom is 0.230 e. The lowest BCUT2D eigenvalue weighted by Crippen LogP contribution is -1.92. The van der Waals surface area contributed by atoms with Gasteiger partial charge in [0.25, 0.3) is 0 Å². The molecule has 0 amide bonds. The van der Waals surface area contributed by atoms with Crippen LogP contribution in [0.2, 0.25) is 5.02 Å². The van der Waals surface area contributed by atoms with E-state index in [2.05, 4.69) is 10.1 Å². The van der Waals surface area contributed by atoms with E-state index in [9.17, 15) is 4.39 Å². The third-order valence-electron chi connectivity index (χ3n) is 3.18. The Morgan fingerprint density at radius 2 is 2.05 bits per heavy atom. The Morgan fingerprint density at radius 1 is 1.24 bits per heavy atom. The van der Waals surface area contributed by atoms with Gasteiger partial charge in [-0.1, -0.05) is 16.8 Å². The summed E-state index contributed by atoms with van der Waals surface area (Å²) in [5.74, 6) is -0.292. The van der Waals surface area contributed by atoms with Gasteiger partial charge in [-0.05, 0) is 37.3 Å². The number of nitrogens with zero attached hydrogens (tertiary/aromatic N) is 2. The largest absolute Gasteiger partial charge is 0.367 e. The highest BCUT2D eigenvalue weighted by molar-refractivity contribution is 6.33. The highest BCUT2D eigenvalue weighted by Crippen LogP contribution is 2.40. The molecule has 0 radical (unpaired) electrons. The molecule has 0 unspecified atom stereocenters. The molecule has 2 aromatic heterocycles. The molecule has 0 atom stereocenters. The zero-order valence-electron chi connectivity index (χ0n) is 11.1. The van der Waals surface area contributed by atoms with E-state index < -0.39 is 5.82 Å². The third kappa shape index (κ3) is 2.36. The lowest BCUT2D eigenvalue weighted by molar-refractivity contribution is 0.439. The number of halogens is 2. The molecule has 0 aliphatic heterocycles. The maximum atomic E-state index is 13.2. The number of hydrogen-bond donors (Lipinski definition) is 1. The van der Waals surface area contributed by atoms with Crippen LogP contribution in [0.5, 0.6) is 0 Å². The summed E-state index contributed by atoms with van der Waals surface area (Å²) in [5, 5.41) is 4.24. The zero-order chi connectivity index (χ0) is 15.0. The molecule has 106 valence electrons. The molecule has 4 nitrogen and oxygen atoms in total. The summed E-state index contributed by atoms with van der Waals surface area (Å²) < 4.78 is 18.3. The van der Waals surface area contributed by atoms with Crippen LogP contribution in [0.1, 0.15) is 5.69 Å². The molecule has 0 aliphatic carbocycles. The van der Waals surface area contributed by atoms with Gasteiger partial charge in [-0.25, -0.2) is 4.39 Å². The maximum absolute atomic E-state index is 13.2. The number of nitrogens with two attached hydrogens (primary N) is 1. The monoisotopic (exact) mass is 303 g/mol. The molecule has 0 fully saturated rings. The van der Waals surface area contributed by atoms with Crippen LogP contribution in [0.25, 0.3) is 22.4 Å². The molecular formula is C15H11ClFN3O. The van der Waals surface area contributed by atoms with Gasteiger partial charge >= 0.3 is 0 Å².